The molecule has 2 aromatic rings. The molecule has 2 aromatic heterocycles. The number of aromatic nitrogens is 2. The SMILES string of the molecule is CCCNCc1sc(-c2ncc(C)cc2C)nc1CCC. The van der Waals surface area contributed by atoms with E-state index in [0.29, 0.717) is 0 Å². The normalized spacial score (nSPS) is 11.0. The van der Waals surface area contributed by atoms with Crippen LogP contribution in [-0.4, -0.2) is 16.5 Å². The molecule has 0 bridgehead atoms. The van der Waals surface area contributed by atoms with Crippen molar-refractivity contribution in [3.8, 4) is 10.7 Å². The van der Waals surface area contributed by atoms with Gasteiger partial charge in [-0.05, 0) is 44.4 Å². The van der Waals surface area contributed by atoms with Crippen LogP contribution in [0.3, 0.4) is 0 Å². The molecule has 21 heavy (non-hydrogen) atoms. The number of thiazole rings is 1. The smallest absolute Gasteiger partial charge is 0.142 e. The Balaban J connectivity index is 2.29. The Hall–Kier alpha value is -1.26. The van der Waals surface area contributed by atoms with Crippen LogP contribution >= 0.6 is 11.3 Å². The van der Waals surface area contributed by atoms with Gasteiger partial charge in [0.1, 0.15) is 10.7 Å². The van der Waals surface area contributed by atoms with E-state index in [-0.39, 0.29) is 0 Å². The van der Waals surface area contributed by atoms with Crippen molar-refractivity contribution in [3.05, 3.63) is 34.0 Å². The first-order chi connectivity index (χ1) is 10.2. The molecule has 0 aliphatic carbocycles. The molecule has 0 amide bonds. The monoisotopic (exact) mass is 303 g/mol. The van der Waals surface area contributed by atoms with Crippen molar-refractivity contribution in [2.24, 2.45) is 0 Å². The number of aryl methyl sites for hydroxylation is 3. The minimum atomic E-state index is 0.922. The van der Waals surface area contributed by atoms with Gasteiger partial charge in [-0.3, -0.25) is 4.98 Å². The van der Waals surface area contributed by atoms with Gasteiger partial charge in [0.15, 0.2) is 0 Å². The summed E-state index contributed by atoms with van der Waals surface area (Å²) >= 11 is 1.79. The molecule has 0 aliphatic heterocycles. The third kappa shape index (κ3) is 4.11. The standard InChI is InChI=1S/C17H25N3S/c1-5-7-14-15(11-18-8-6-2)21-17(20-14)16-13(4)9-12(3)10-19-16/h9-10,18H,5-8,11H2,1-4H3. The highest BCUT2D eigenvalue weighted by Gasteiger charge is 2.14. The Labute approximate surface area is 131 Å². The van der Waals surface area contributed by atoms with Crippen LogP contribution in [0.1, 0.15) is 48.4 Å². The molecule has 0 radical (unpaired) electrons. The highest BCUT2D eigenvalue weighted by Crippen LogP contribution is 2.29. The van der Waals surface area contributed by atoms with E-state index in [4.69, 9.17) is 4.98 Å². The topological polar surface area (TPSA) is 37.8 Å². The average Bonchev–Trinajstić information content (AvgIpc) is 2.82. The molecular weight excluding hydrogens is 278 g/mol. The highest BCUT2D eigenvalue weighted by molar-refractivity contribution is 7.15. The second-order valence-electron chi connectivity index (χ2n) is 5.49. The fraction of sp³-hybridized carbons (Fsp3) is 0.529. The Kier molecular flexibility index (Phi) is 5.88. The molecule has 0 fully saturated rings. The van der Waals surface area contributed by atoms with Crippen LogP contribution in [0.15, 0.2) is 12.3 Å². The number of nitrogens with zero attached hydrogens (tertiary/aromatic N) is 2. The third-order valence-corrected chi connectivity index (χ3v) is 4.50. The summed E-state index contributed by atoms with van der Waals surface area (Å²) in [6, 6.07) is 2.18. The molecule has 4 heteroatoms. The zero-order chi connectivity index (χ0) is 15.2. The maximum absolute atomic E-state index is 4.86. The lowest BCUT2D eigenvalue weighted by Gasteiger charge is -2.02. The Morgan fingerprint density at radius 2 is 2.00 bits per heavy atom. The summed E-state index contributed by atoms with van der Waals surface area (Å²) in [6.07, 6.45) is 5.26. The summed E-state index contributed by atoms with van der Waals surface area (Å²) in [7, 11) is 0. The van der Waals surface area contributed by atoms with Crippen molar-refractivity contribution in [1.29, 1.82) is 0 Å². The van der Waals surface area contributed by atoms with Crippen molar-refractivity contribution in [3.63, 3.8) is 0 Å². The van der Waals surface area contributed by atoms with Crippen LogP contribution in [0, 0.1) is 13.8 Å². The molecule has 0 unspecified atom stereocenters. The first-order valence-corrected chi connectivity index (χ1v) is 8.60. The molecular formula is C17H25N3S. The van der Waals surface area contributed by atoms with Gasteiger partial charge in [-0.2, -0.15) is 0 Å². The van der Waals surface area contributed by atoms with Gasteiger partial charge in [0.25, 0.3) is 0 Å². The largest absolute Gasteiger partial charge is 0.312 e. The lowest BCUT2D eigenvalue weighted by Crippen LogP contribution is -2.13. The molecule has 0 saturated carbocycles. The second-order valence-corrected chi connectivity index (χ2v) is 6.58. The lowest BCUT2D eigenvalue weighted by atomic mass is 10.2. The predicted molar refractivity (Wildman–Crippen MR) is 90.8 cm³/mol. The summed E-state index contributed by atoms with van der Waals surface area (Å²) in [5, 5.41) is 4.55. The van der Waals surface area contributed by atoms with Crippen molar-refractivity contribution < 1.29 is 0 Å². The van der Waals surface area contributed by atoms with E-state index in [1.165, 1.54) is 21.7 Å². The maximum atomic E-state index is 4.86. The van der Waals surface area contributed by atoms with Crippen LogP contribution in [-0.2, 0) is 13.0 Å². The summed E-state index contributed by atoms with van der Waals surface area (Å²) in [4.78, 5) is 10.8. The molecule has 2 heterocycles. The van der Waals surface area contributed by atoms with Crippen LogP contribution in [0.2, 0.25) is 0 Å². The number of rotatable bonds is 7. The molecule has 1 N–H and O–H groups in total. The molecule has 0 aromatic carbocycles. The first-order valence-electron chi connectivity index (χ1n) is 7.78. The van der Waals surface area contributed by atoms with E-state index >= 15 is 0 Å². The Bertz CT molecular complexity index is 590. The average molecular weight is 303 g/mol. The minimum absolute atomic E-state index is 0.922. The summed E-state index contributed by atoms with van der Waals surface area (Å²) in [6.45, 7) is 10.6. The van der Waals surface area contributed by atoms with Gasteiger partial charge in [0, 0.05) is 17.6 Å². The second kappa shape index (κ2) is 7.66. The molecule has 114 valence electrons. The van der Waals surface area contributed by atoms with Crippen molar-refractivity contribution in [2.75, 3.05) is 6.54 Å². The van der Waals surface area contributed by atoms with Gasteiger partial charge in [0.05, 0.1) is 5.69 Å². The lowest BCUT2D eigenvalue weighted by molar-refractivity contribution is 0.674. The van der Waals surface area contributed by atoms with Gasteiger partial charge in [-0.1, -0.05) is 26.3 Å². The zero-order valence-electron chi connectivity index (χ0n) is 13.5. The molecule has 0 saturated heterocycles. The Morgan fingerprint density at radius 3 is 2.67 bits per heavy atom. The van der Waals surface area contributed by atoms with Crippen molar-refractivity contribution in [1.82, 2.24) is 15.3 Å². The van der Waals surface area contributed by atoms with E-state index < -0.39 is 0 Å². The number of nitrogens with one attached hydrogen (secondary N) is 1. The Morgan fingerprint density at radius 1 is 1.19 bits per heavy atom. The van der Waals surface area contributed by atoms with Crippen LogP contribution < -0.4 is 5.32 Å². The summed E-state index contributed by atoms with van der Waals surface area (Å²) in [5.41, 5.74) is 4.68. The van der Waals surface area contributed by atoms with Gasteiger partial charge in [0.2, 0.25) is 0 Å². The highest BCUT2D eigenvalue weighted by atomic mass is 32.1. The summed E-state index contributed by atoms with van der Waals surface area (Å²) < 4.78 is 0. The predicted octanol–water partition coefficient (Wildman–Crippen LogP) is 4.27. The van der Waals surface area contributed by atoms with Gasteiger partial charge in [-0.15, -0.1) is 11.3 Å². The molecule has 0 atom stereocenters. The van der Waals surface area contributed by atoms with E-state index in [0.717, 1.165) is 43.1 Å². The van der Waals surface area contributed by atoms with Crippen LogP contribution in [0.4, 0.5) is 0 Å². The van der Waals surface area contributed by atoms with E-state index in [1.54, 1.807) is 11.3 Å². The van der Waals surface area contributed by atoms with Crippen molar-refractivity contribution >= 4 is 11.3 Å². The first kappa shape index (κ1) is 16.1. The molecule has 3 nitrogen and oxygen atoms in total. The summed E-state index contributed by atoms with van der Waals surface area (Å²) in [5.74, 6) is 0. The van der Waals surface area contributed by atoms with E-state index in [1.807, 2.05) is 6.20 Å². The maximum Gasteiger partial charge on any atom is 0.142 e. The quantitative estimate of drug-likeness (QED) is 0.776. The fourth-order valence-corrected chi connectivity index (χ4v) is 3.51. The van der Waals surface area contributed by atoms with Crippen LogP contribution in [0.5, 0.6) is 0 Å². The zero-order valence-corrected chi connectivity index (χ0v) is 14.3. The van der Waals surface area contributed by atoms with Gasteiger partial charge >= 0.3 is 0 Å². The number of hydrogen-bond acceptors (Lipinski definition) is 4. The molecule has 0 aliphatic rings. The van der Waals surface area contributed by atoms with Gasteiger partial charge < -0.3 is 5.32 Å². The van der Waals surface area contributed by atoms with E-state index in [2.05, 4.69) is 44.1 Å². The number of hydrogen-bond donors (Lipinski definition) is 1. The third-order valence-electron chi connectivity index (χ3n) is 3.39. The minimum Gasteiger partial charge on any atom is -0.312 e. The van der Waals surface area contributed by atoms with Crippen molar-refractivity contribution in [2.45, 2.75) is 53.5 Å². The van der Waals surface area contributed by atoms with Crippen LogP contribution in [0.25, 0.3) is 10.7 Å². The molecule has 0 spiro atoms. The fourth-order valence-electron chi connectivity index (χ4n) is 2.37. The van der Waals surface area contributed by atoms with Gasteiger partial charge in [-0.25, -0.2) is 4.98 Å². The molecule has 2 rings (SSSR count). The van der Waals surface area contributed by atoms with E-state index in [9.17, 15) is 0 Å². The number of pyridine rings is 1.